The van der Waals surface area contributed by atoms with Crippen LogP contribution in [0.2, 0.25) is 0 Å². The molecule has 0 spiro atoms. The van der Waals surface area contributed by atoms with Gasteiger partial charge in [-0.3, -0.25) is 9.78 Å². The summed E-state index contributed by atoms with van der Waals surface area (Å²) in [6.45, 7) is 0. The first-order valence-electron chi connectivity index (χ1n) is 12.4. The number of ether oxygens (including phenoxy) is 1. The van der Waals surface area contributed by atoms with Gasteiger partial charge in [-0.2, -0.15) is 18.3 Å². The quantitative estimate of drug-likeness (QED) is 0.193. The summed E-state index contributed by atoms with van der Waals surface area (Å²) in [7, 11) is 3.12. The number of alkyl halides is 3. The van der Waals surface area contributed by atoms with Crippen molar-refractivity contribution < 1.29 is 27.1 Å². The van der Waals surface area contributed by atoms with Gasteiger partial charge in [-0.15, -0.1) is 11.3 Å². The molecule has 0 aliphatic heterocycles. The van der Waals surface area contributed by atoms with Crippen LogP contribution in [0, 0.1) is 5.82 Å². The lowest BCUT2D eigenvalue weighted by Crippen LogP contribution is -2.29. The number of carbonyl (C=O) groups excluding carboxylic acids is 1. The van der Waals surface area contributed by atoms with E-state index in [9.17, 15) is 18.0 Å². The van der Waals surface area contributed by atoms with Crippen LogP contribution in [0.5, 0.6) is 11.5 Å². The molecule has 0 radical (unpaired) electrons. The van der Waals surface area contributed by atoms with Crippen LogP contribution in [0.15, 0.2) is 85.6 Å². The van der Waals surface area contributed by atoms with Crippen molar-refractivity contribution in [2.75, 3.05) is 11.9 Å². The van der Waals surface area contributed by atoms with E-state index in [0.29, 0.717) is 20.6 Å². The fourth-order valence-electron chi connectivity index (χ4n) is 4.40. The van der Waals surface area contributed by atoms with E-state index in [1.54, 1.807) is 36.8 Å². The zero-order valence-electron chi connectivity index (χ0n) is 22.0. The number of carbonyl (C=O) groups is 1. The number of aryl methyl sites for hydroxylation is 1. The van der Waals surface area contributed by atoms with Crippen LogP contribution in [0.3, 0.4) is 0 Å². The van der Waals surface area contributed by atoms with Gasteiger partial charge in [0.05, 0.1) is 44.6 Å². The highest BCUT2D eigenvalue weighted by Crippen LogP contribution is 2.40. The standard InChI is InChI=1S/C29H20F4N6O2S/c1-37-15-22(35-16-37)25-13-21-26(42-25)24(10-11-34-21)41-23-9-8-18(12-20(23)30)38(2)28(40)19-14-36-39(27(19)29(31,32)33)17-6-4-3-5-7-17/h3-16H,1-2H3. The summed E-state index contributed by atoms with van der Waals surface area (Å²) < 4.78 is 66.5. The first kappa shape index (κ1) is 27.1. The van der Waals surface area contributed by atoms with Gasteiger partial charge in [-0.05, 0) is 30.3 Å². The molecular weight excluding hydrogens is 572 g/mol. The highest BCUT2D eigenvalue weighted by Gasteiger charge is 2.41. The predicted octanol–water partition coefficient (Wildman–Crippen LogP) is 7.11. The number of benzene rings is 2. The number of pyridine rings is 1. The average molecular weight is 593 g/mol. The van der Waals surface area contributed by atoms with Crippen LogP contribution in [-0.2, 0) is 13.2 Å². The molecule has 6 aromatic rings. The van der Waals surface area contributed by atoms with Gasteiger partial charge in [0.2, 0.25) is 0 Å². The van der Waals surface area contributed by atoms with E-state index in [1.807, 2.05) is 23.9 Å². The Labute approximate surface area is 240 Å². The molecule has 42 heavy (non-hydrogen) atoms. The lowest BCUT2D eigenvalue weighted by atomic mass is 10.2. The number of aromatic nitrogens is 5. The topological polar surface area (TPSA) is 78.1 Å². The first-order valence-corrected chi connectivity index (χ1v) is 13.2. The Morgan fingerprint density at radius 1 is 1.02 bits per heavy atom. The molecule has 2 aromatic carbocycles. The molecule has 0 fully saturated rings. The Morgan fingerprint density at radius 2 is 1.81 bits per heavy atom. The third-order valence-corrected chi connectivity index (χ3v) is 7.59. The molecule has 0 aliphatic rings. The summed E-state index contributed by atoms with van der Waals surface area (Å²) in [6, 6.07) is 14.9. The summed E-state index contributed by atoms with van der Waals surface area (Å²) in [4.78, 5) is 23.7. The summed E-state index contributed by atoms with van der Waals surface area (Å²) in [6.07, 6.45) is 1.07. The lowest BCUT2D eigenvalue weighted by molar-refractivity contribution is -0.143. The van der Waals surface area contributed by atoms with Crippen LogP contribution in [0.4, 0.5) is 23.2 Å². The molecule has 0 saturated carbocycles. The number of para-hydroxylation sites is 1. The lowest BCUT2D eigenvalue weighted by Gasteiger charge is -2.19. The zero-order valence-corrected chi connectivity index (χ0v) is 22.8. The molecule has 13 heteroatoms. The molecule has 0 saturated heterocycles. The van der Waals surface area contributed by atoms with Crippen molar-refractivity contribution >= 4 is 33.1 Å². The van der Waals surface area contributed by atoms with Crippen molar-refractivity contribution in [3.63, 3.8) is 0 Å². The van der Waals surface area contributed by atoms with E-state index in [1.165, 1.54) is 42.6 Å². The number of hydrogen-bond donors (Lipinski definition) is 0. The molecule has 0 unspecified atom stereocenters. The zero-order chi connectivity index (χ0) is 29.6. The summed E-state index contributed by atoms with van der Waals surface area (Å²) >= 11 is 1.39. The second-order valence-electron chi connectivity index (χ2n) is 9.29. The number of amides is 1. The van der Waals surface area contributed by atoms with Crippen LogP contribution < -0.4 is 9.64 Å². The molecule has 6 rings (SSSR count). The van der Waals surface area contributed by atoms with Crippen molar-refractivity contribution in [1.82, 2.24) is 24.3 Å². The van der Waals surface area contributed by atoms with E-state index in [4.69, 9.17) is 4.74 Å². The maximum absolute atomic E-state index is 15.2. The molecule has 1 amide bonds. The van der Waals surface area contributed by atoms with Gasteiger partial charge >= 0.3 is 6.18 Å². The largest absolute Gasteiger partial charge is 0.453 e. The second kappa shape index (κ2) is 10.4. The molecule has 212 valence electrons. The Bertz CT molecular complexity index is 1930. The van der Waals surface area contributed by atoms with Gasteiger partial charge in [-0.25, -0.2) is 14.1 Å². The molecule has 4 heterocycles. The SMILES string of the molecule is CN(C(=O)c1cnn(-c2ccccc2)c1C(F)(F)F)c1ccc(Oc2ccnc3cc(-c4cn(C)cn4)sc23)c(F)c1. The van der Waals surface area contributed by atoms with Gasteiger partial charge in [0, 0.05) is 44.3 Å². The molecule has 4 aromatic heterocycles. The summed E-state index contributed by atoms with van der Waals surface area (Å²) in [5.41, 5.74) is -0.320. The van der Waals surface area contributed by atoms with Gasteiger partial charge in [0.25, 0.3) is 5.91 Å². The molecular formula is C29H20F4N6O2S. The van der Waals surface area contributed by atoms with Crippen molar-refractivity contribution in [1.29, 1.82) is 0 Å². The van der Waals surface area contributed by atoms with Gasteiger partial charge < -0.3 is 14.2 Å². The van der Waals surface area contributed by atoms with Crippen molar-refractivity contribution in [3.8, 4) is 27.8 Å². The maximum Gasteiger partial charge on any atom is 0.434 e. The van der Waals surface area contributed by atoms with Gasteiger partial charge in [0.15, 0.2) is 17.3 Å². The first-order chi connectivity index (χ1) is 20.1. The normalized spacial score (nSPS) is 11.7. The third-order valence-electron chi connectivity index (χ3n) is 6.43. The minimum absolute atomic E-state index is 0.0267. The summed E-state index contributed by atoms with van der Waals surface area (Å²) in [5, 5.41) is 3.82. The number of hydrogen-bond acceptors (Lipinski definition) is 6. The van der Waals surface area contributed by atoms with Gasteiger partial charge in [-0.1, -0.05) is 18.2 Å². The Kier molecular flexibility index (Phi) is 6.73. The number of fused-ring (bicyclic) bond motifs is 1. The van der Waals surface area contributed by atoms with Crippen LogP contribution in [0.25, 0.3) is 26.5 Å². The molecule has 0 N–H and O–H groups in total. The van der Waals surface area contributed by atoms with E-state index in [-0.39, 0.29) is 17.1 Å². The van der Waals surface area contributed by atoms with E-state index in [2.05, 4.69) is 15.1 Å². The number of imidazole rings is 1. The Hall–Kier alpha value is -5.04. The number of halogens is 4. The fourth-order valence-corrected chi connectivity index (χ4v) is 5.43. The second-order valence-corrected chi connectivity index (χ2v) is 10.3. The number of rotatable bonds is 6. The molecule has 0 bridgehead atoms. The monoisotopic (exact) mass is 592 g/mol. The maximum atomic E-state index is 15.2. The highest BCUT2D eigenvalue weighted by atomic mass is 32.1. The third kappa shape index (κ3) is 4.98. The average Bonchev–Trinajstić information content (AvgIpc) is 3.72. The Balaban J connectivity index is 1.28. The van der Waals surface area contributed by atoms with Crippen LogP contribution in [0.1, 0.15) is 16.1 Å². The fraction of sp³-hybridized carbons (Fsp3) is 0.103. The predicted molar refractivity (Wildman–Crippen MR) is 150 cm³/mol. The molecule has 8 nitrogen and oxygen atoms in total. The number of anilines is 1. The van der Waals surface area contributed by atoms with Crippen molar-refractivity contribution in [3.05, 3.63) is 103 Å². The highest BCUT2D eigenvalue weighted by molar-refractivity contribution is 7.22. The Morgan fingerprint density at radius 3 is 2.50 bits per heavy atom. The van der Waals surface area contributed by atoms with E-state index >= 15 is 4.39 Å². The van der Waals surface area contributed by atoms with E-state index in [0.717, 1.165) is 27.7 Å². The van der Waals surface area contributed by atoms with Crippen molar-refractivity contribution in [2.24, 2.45) is 7.05 Å². The number of nitrogens with zero attached hydrogens (tertiary/aromatic N) is 6. The number of thiophene rings is 1. The van der Waals surface area contributed by atoms with Gasteiger partial charge in [0.1, 0.15) is 5.75 Å². The molecule has 0 aliphatic carbocycles. The smallest absolute Gasteiger partial charge is 0.434 e. The van der Waals surface area contributed by atoms with Crippen LogP contribution in [-0.4, -0.2) is 37.3 Å². The van der Waals surface area contributed by atoms with Crippen molar-refractivity contribution in [2.45, 2.75) is 6.18 Å². The molecule has 0 atom stereocenters. The van der Waals surface area contributed by atoms with Crippen LogP contribution >= 0.6 is 11.3 Å². The minimum Gasteiger partial charge on any atom is -0.453 e. The summed E-state index contributed by atoms with van der Waals surface area (Å²) in [5.74, 6) is -1.58. The van der Waals surface area contributed by atoms with E-state index < -0.39 is 29.2 Å². The minimum atomic E-state index is -4.88.